The van der Waals surface area contributed by atoms with Gasteiger partial charge in [-0.25, -0.2) is 13.8 Å². The Kier molecular flexibility index (Phi) is 3.59. The fraction of sp³-hybridized carbons (Fsp3) is 0.182. The van der Waals surface area contributed by atoms with Crippen LogP contribution in [-0.2, 0) is 6.54 Å². The first-order chi connectivity index (χ1) is 8.08. The van der Waals surface area contributed by atoms with Gasteiger partial charge in [0.1, 0.15) is 5.82 Å². The molecule has 1 heterocycles. The summed E-state index contributed by atoms with van der Waals surface area (Å²) in [4.78, 5) is 5.07. The van der Waals surface area contributed by atoms with E-state index in [9.17, 15) is 8.78 Å². The summed E-state index contributed by atoms with van der Waals surface area (Å²) in [7, 11) is 0. The highest BCUT2D eigenvalue weighted by molar-refractivity contribution is 7.09. The van der Waals surface area contributed by atoms with Crippen LogP contribution in [0.4, 0.5) is 14.5 Å². The second-order valence-corrected chi connectivity index (χ2v) is 4.81. The van der Waals surface area contributed by atoms with Crippen LogP contribution in [0.15, 0.2) is 17.6 Å². The number of hydrogen-bond donors (Lipinski definition) is 1. The SMILES string of the molecule is Cc1ncsc1CNc1c(F)cc(F)cc1Cl. The van der Waals surface area contributed by atoms with Crippen LogP contribution in [0, 0.1) is 18.6 Å². The lowest BCUT2D eigenvalue weighted by atomic mass is 10.3. The van der Waals surface area contributed by atoms with Crippen molar-refractivity contribution in [2.75, 3.05) is 5.32 Å². The van der Waals surface area contributed by atoms with Crippen LogP contribution in [0.1, 0.15) is 10.6 Å². The second-order valence-electron chi connectivity index (χ2n) is 3.46. The molecule has 0 atom stereocenters. The number of hydrogen-bond acceptors (Lipinski definition) is 3. The molecule has 0 fully saturated rings. The van der Waals surface area contributed by atoms with E-state index in [4.69, 9.17) is 11.6 Å². The maximum atomic E-state index is 13.4. The predicted molar refractivity (Wildman–Crippen MR) is 65.5 cm³/mol. The maximum Gasteiger partial charge on any atom is 0.150 e. The molecule has 0 spiro atoms. The van der Waals surface area contributed by atoms with Crippen molar-refractivity contribution in [3.63, 3.8) is 0 Å². The predicted octanol–water partition coefficient (Wildman–Crippen LogP) is 4.00. The molecule has 0 bridgehead atoms. The first kappa shape index (κ1) is 12.3. The third kappa shape index (κ3) is 2.73. The van der Waals surface area contributed by atoms with Gasteiger partial charge in [0.15, 0.2) is 5.82 Å². The zero-order valence-electron chi connectivity index (χ0n) is 8.93. The largest absolute Gasteiger partial charge is 0.376 e. The molecule has 0 amide bonds. The van der Waals surface area contributed by atoms with Crippen molar-refractivity contribution in [3.8, 4) is 0 Å². The minimum absolute atomic E-state index is 0.0321. The van der Waals surface area contributed by atoms with E-state index in [0.717, 1.165) is 22.7 Å². The summed E-state index contributed by atoms with van der Waals surface area (Å²) in [6.45, 7) is 2.29. The molecule has 2 aromatic rings. The molecule has 1 N–H and O–H groups in total. The molecule has 0 aliphatic rings. The van der Waals surface area contributed by atoms with Gasteiger partial charge in [-0.2, -0.15) is 0 Å². The van der Waals surface area contributed by atoms with Gasteiger partial charge in [-0.3, -0.25) is 0 Å². The van der Waals surface area contributed by atoms with Gasteiger partial charge in [-0.05, 0) is 13.0 Å². The Balaban J connectivity index is 2.17. The summed E-state index contributed by atoms with van der Waals surface area (Å²) in [5.41, 5.74) is 2.72. The van der Waals surface area contributed by atoms with E-state index in [-0.39, 0.29) is 10.7 Å². The quantitative estimate of drug-likeness (QED) is 0.915. The molecular weight excluding hydrogens is 266 g/mol. The lowest BCUT2D eigenvalue weighted by molar-refractivity contribution is 0.585. The minimum Gasteiger partial charge on any atom is -0.376 e. The molecule has 0 aliphatic carbocycles. The molecule has 2 rings (SSSR count). The van der Waals surface area contributed by atoms with Crippen LogP contribution in [0.25, 0.3) is 0 Å². The number of halogens is 3. The van der Waals surface area contributed by atoms with Gasteiger partial charge in [-0.1, -0.05) is 11.6 Å². The average Bonchev–Trinajstić information content (AvgIpc) is 2.62. The number of nitrogens with one attached hydrogen (secondary N) is 1. The first-order valence-corrected chi connectivity index (χ1v) is 6.11. The Hall–Kier alpha value is -1.20. The number of rotatable bonds is 3. The topological polar surface area (TPSA) is 24.9 Å². The van der Waals surface area contributed by atoms with E-state index in [2.05, 4.69) is 10.3 Å². The highest BCUT2D eigenvalue weighted by Gasteiger charge is 2.10. The van der Waals surface area contributed by atoms with E-state index in [1.807, 2.05) is 6.92 Å². The molecule has 0 radical (unpaired) electrons. The Bertz CT molecular complexity index is 519. The molecule has 6 heteroatoms. The van der Waals surface area contributed by atoms with Gasteiger partial charge in [0.25, 0.3) is 0 Å². The van der Waals surface area contributed by atoms with Gasteiger partial charge in [0, 0.05) is 10.9 Å². The zero-order chi connectivity index (χ0) is 12.4. The molecule has 0 unspecified atom stereocenters. The average molecular weight is 275 g/mol. The second kappa shape index (κ2) is 4.98. The first-order valence-electron chi connectivity index (χ1n) is 4.85. The monoisotopic (exact) mass is 274 g/mol. The van der Waals surface area contributed by atoms with Crippen LogP contribution >= 0.6 is 22.9 Å². The smallest absolute Gasteiger partial charge is 0.150 e. The number of thiazole rings is 1. The fourth-order valence-electron chi connectivity index (χ4n) is 1.38. The van der Waals surface area contributed by atoms with Crippen LogP contribution in [-0.4, -0.2) is 4.98 Å². The van der Waals surface area contributed by atoms with E-state index in [1.165, 1.54) is 11.3 Å². The van der Waals surface area contributed by atoms with Crippen molar-refractivity contribution in [2.45, 2.75) is 13.5 Å². The van der Waals surface area contributed by atoms with Crippen molar-refractivity contribution >= 4 is 28.6 Å². The molecule has 0 aliphatic heterocycles. The fourth-order valence-corrected chi connectivity index (χ4v) is 2.35. The molecule has 0 saturated carbocycles. The third-order valence-electron chi connectivity index (χ3n) is 2.28. The summed E-state index contributed by atoms with van der Waals surface area (Å²) in [6, 6.07) is 1.88. The number of aryl methyl sites for hydroxylation is 1. The Labute approximate surface area is 106 Å². The summed E-state index contributed by atoms with van der Waals surface area (Å²) in [5.74, 6) is -1.39. The van der Waals surface area contributed by atoms with Gasteiger partial charge in [-0.15, -0.1) is 11.3 Å². The molecule has 17 heavy (non-hydrogen) atoms. The molecule has 1 aromatic heterocycles. The highest BCUT2D eigenvalue weighted by Crippen LogP contribution is 2.27. The number of benzene rings is 1. The standard InChI is InChI=1S/C11H9ClF2N2S/c1-6-10(17-5-16-6)4-15-11-8(12)2-7(13)3-9(11)14/h2-3,5,15H,4H2,1H3. The van der Waals surface area contributed by atoms with E-state index < -0.39 is 11.6 Å². The zero-order valence-corrected chi connectivity index (χ0v) is 10.5. The van der Waals surface area contributed by atoms with Crippen LogP contribution in [0.2, 0.25) is 5.02 Å². The Morgan fingerprint density at radius 3 is 2.76 bits per heavy atom. The Morgan fingerprint density at radius 2 is 2.18 bits per heavy atom. The van der Waals surface area contributed by atoms with Gasteiger partial charge in [0.05, 0.1) is 28.5 Å². The molecular formula is C11H9ClF2N2S. The van der Waals surface area contributed by atoms with Crippen molar-refractivity contribution < 1.29 is 8.78 Å². The normalized spacial score (nSPS) is 10.6. The summed E-state index contributed by atoms with van der Waals surface area (Å²) >= 11 is 7.23. The molecule has 1 aromatic carbocycles. The van der Waals surface area contributed by atoms with E-state index in [1.54, 1.807) is 5.51 Å². The van der Waals surface area contributed by atoms with Gasteiger partial charge >= 0.3 is 0 Å². The van der Waals surface area contributed by atoms with E-state index in [0.29, 0.717) is 6.54 Å². The number of anilines is 1. The van der Waals surface area contributed by atoms with Gasteiger partial charge in [0.2, 0.25) is 0 Å². The number of nitrogens with zero attached hydrogens (tertiary/aromatic N) is 1. The highest BCUT2D eigenvalue weighted by atomic mass is 35.5. The minimum atomic E-state index is -0.697. The van der Waals surface area contributed by atoms with Gasteiger partial charge < -0.3 is 5.32 Å². The van der Waals surface area contributed by atoms with Crippen LogP contribution < -0.4 is 5.32 Å². The van der Waals surface area contributed by atoms with Crippen molar-refractivity contribution in [1.82, 2.24) is 4.98 Å². The Morgan fingerprint density at radius 1 is 1.41 bits per heavy atom. The maximum absolute atomic E-state index is 13.4. The summed E-state index contributed by atoms with van der Waals surface area (Å²) < 4.78 is 26.3. The molecule has 0 saturated heterocycles. The summed E-state index contributed by atoms with van der Waals surface area (Å²) in [6.07, 6.45) is 0. The van der Waals surface area contributed by atoms with Crippen molar-refractivity contribution in [1.29, 1.82) is 0 Å². The van der Waals surface area contributed by atoms with E-state index >= 15 is 0 Å². The third-order valence-corrected chi connectivity index (χ3v) is 3.51. The summed E-state index contributed by atoms with van der Waals surface area (Å²) in [5, 5.41) is 2.88. The number of aromatic nitrogens is 1. The van der Waals surface area contributed by atoms with Crippen molar-refractivity contribution in [3.05, 3.63) is 44.9 Å². The molecule has 90 valence electrons. The lowest BCUT2D eigenvalue weighted by Crippen LogP contribution is -2.02. The van der Waals surface area contributed by atoms with Crippen molar-refractivity contribution in [2.24, 2.45) is 0 Å². The van der Waals surface area contributed by atoms with Crippen LogP contribution in [0.5, 0.6) is 0 Å². The van der Waals surface area contributed by atoms with Crippen LogP contribution in [0.3, 0.4) is 0 Å². The molecule has 2 nitrogen and oxygen atoms in total. The lowest BCUT2D eigenvalue weighted by Gasteiger charge is -2.08.